The molecule has 124 valence electrons. The zero-order chi connectivity index (χ0) is 16.1. The maximum atomic E-state index is 11.1. The SMILES string of the molecule is CCC(C)OC(=O)OCCOCCOC(=O)OC(C)CC. The molecule has 0 saturated heterocycles. The lowest BCUT2D eigenvalue weighted by atomic mass is 10.3. The number of carbonyl (C=O) groups is 2. The van der Waals surface area contributed by atoms with Crippen LogP contribution in [-0.4, -0.2) is 50.9 Å². The normalized spacial score (nSPS) is 13.1. The van der Waals surface area contributed by atoms with Crippen LogP contribution in [0.5, 0.6) is 0 Å². The van der Waals surface area contributed by atoms with Crippen molar-refractivity contribution in [3.63, 3.8) is 0 Å². The highest BCUT2D eigenvalue weighted by Gasteiger charge is 2.09. The van der Waals surface area contributed by atoms with E-state index in [1.54, 1.807) is 13.8 Å². The van der Waals surface area contributed by atoms with Gasteiger partial charge in [0, 0.05) is 0 Å². The first-order valence-corrected chi connectivity index (χ1v) is 7.24. The minimum atomic E-state index is -0.707. The van der Waals surface area contributed by atoms with Gasteiger partial charge in [0.1, 0.15) is 25.4 Å². The quantitative estimate of drug-likeness (QED) is 0.453. The lowest BCUT2D eigenvalue weighted by molar-refractivity contribution is -0.00830. The molecule has 0 aromatic carbocycles. The smallest absolute Gasteiger partial charge is 0.432 e. The standard InChI is InChI=1S/C14H26O7/c1-5-11(3)20-13(15)18-9-7-17-8-10-19-14(16)21-12(4)6-2/h11-12H,5-10H2,1-4H3. The van der Waals surface area contributed by atoms with Crippen LogP contribution in [0.1, 0.15) is 40.5 Å². The van der Waals surface area contributed by atoms with Gasteiger partial charge in [-0.05, 0) is 26.7 Å². The van der Waals surface area contributed by atoms with Crippen LogP contribution < -0.4 is 0 Å². The van der Waals surface area contributed by atoms with E-state index in [4.69, 9.17) is 23.7 Å². The topological polar surface area (TPSA) is 80.3 Å². The predicted octanol–water partition coefficient (Wildman–Crippen LogP) is 2.91. The Bertz CT molecular complexity index is 265. The van der Waals surface area contributed by atoms with Crippen LogP contribution >= 0.6 is 0 Å². The highest BCUT2D eigenvalue weighted by atomic mass is 16.7. The van der Waals surface area contributed by atoms with E-state index in [0.29, 0.717) is 0 Å². The maximum Gasteiger partial charge on any atom is 0.508 e. The van der Waals surface area contributed by atoms with Gasteiger partial charge in [0.15, 0.2) is 0 Å². The molecule has 0 N–H and O–H groups in total. The van der Waals surface area contributed by atoms with Crippen LogP contribution in [0.2, 0.25) is 0 Å². The molecule has 0 amide bonds. The molecule has 2 atom stereocenters. The van der Waals surface area contributed by atoms with Gasteiger partial charge in [-0.1, -0.05) is 13.8 Å². The summed E-state index contributed by atoms with van der Waals surface area (Å²) >= 11 is 0. The minimum Gasteiger partial charge on any atom is -0.432 e. The molecule has 0 fully saturated rings. The molecule has 2 unspecified atom stereocenters. The van der Waals surface area contributed by atoms with E-state index in [9.17, 15) is 9.59 Å². The van der Waals surface area contributed by atoms with Crippen molar-refractivity contribution in [3.05, 3.63) is 0 Å². The highest BCUT2D eigenvalue weighted by Crippen LogP contribution is 1.99. The molecule has 0 aromatic rings. The lowest BCUT2D eigenvalue weighted by Gasteiger charge is -2.12. The Hall–Kier alpha value is -1.50. The average molecular weight is 306 g/mol. The van der Waals surface area contributed by atoms with Gasteiger partial charge in [0.25, 0.3) is 0 Å². The number of ether oxygens (including phenoxy) is 5. The Kier molecular flexibility index (Phi) is 11.4. The molecule has 0 heterocycles. The Balaban J connectivity index is 3.40. The fourth-order valence-electron chi connectivity index (χ4n) is 1.03. The molecule has 0 aliphatic heterocycles. The molecular formula is C14H26O7. The summed E-state index contributed by atoms with van der Waals surface area (Å²) in [6.07, 6.45) is -0.278. The third-order valence-corrected chi connectivity index (χ3v) is 2.64. The van der Waals surface area contributed by atoms with Crippen LogP contribution in [0, 0.1) is 0 Å². The number of hydrogen-bond donors (Lipinski definition) is 0. The molecule has 0 radical (unpaired) electrons. The van der Waals surface area contributed by atoms with Gasteiger partial charge in [-0.15, -0.1) is 0 Å². The maximum absolute atomic E-state index is 11.1. The van der Waals surface area contributed by atoms with E-state index in [1.165, 1.54) is 0 Å². The van der Waals surface area contributed by atoms with Crippen molar-refractivity contribution in [1.29, 1.82) is 0 Å². The first-order valence-electron chi connectivity index (χ1n) is 7.24. The van der Waals surface area contributed by atoms with E-state index >= 15 is 0 Å². The zero-order valence-electron chi connectivity index (χ0n) is 13.3. The van der Waals surface area contributed by atoms with Gasteiger partial charge in [0.05, 0.1) is 13.2 Å². The van der Waals surface area contributed by atoms with Crippen molar-refractivity contribution in [1.82, 2.24) is 0 Å². The third-order valence-electron chi connectivity index (χ3n) is 2.64. The Morgan fingerprint density at radius 2 is 1.14 bits per heavy atom. The van der Waals surface area contributed by atoms with Crippen molar-refractivity contribution in [2.75, 3.05) is 26.4 Å². The Labute approximate surface area is 125 Å². The van der Waals surface area contributed by atoms with Crippen LogP contribution in [0.15, 0.2) is 0 Å². The summed E-state index contributed by atoms with van der Waals surface area (Å²) in [4.78, 5) is 22.3. The second-order valence-electron chi connectivity index (χ2n) is 4.48. The van der Waals surface area contributed by atoms with Crippen LogP contribution in [-0.2, 0) is 23.7 Å². The minimum absolute atomic E-state index is 0.0899. The largest absolute Gasteiger partial charge is 0.508 e. The summed E-state index contributed by atoms with van der Waals surface area (Å²) in [6.45, 7) is 7.99. The van der Waals surface area contributed by atoms with Crippen molar-refractivity contribution in [3.8, 4) is 0 Å². The van der Waals surface area contributed by atoms with Crippen molar-refractivity contribution in [2.45, 2.75) is 52.7 Å². The van der Waals surface area contributed by atoms with Crippen molar-refractivity contribution in [2.24, 2.45) is 0 Å². The number of hydrogen-bond acceptors (Lipinski definition) is 7. The average Bonchev–Trinajstić information content (AvgIpc) is 2.45. The van der Waals surface area contributed by atoms with E-state index < -0.39 is 12.3 Å². The molecule has 0 bridgehead atoms. The molecule has 21 heavy (non-hydrogen) atoms. The van der Waals surface area contributed by atoms with Gasteiger partial charge in [-0.25, -0.2) is 9.59 Å². The summed E-state index contributed by atoms with van der Waals surface area (Å²) in [5.41, 5.74) is 0. The molecule has 7 heteroatoms. The summed E-state index contributed by atoms with van der Waals surface area (Å²) in [7, 11) is 0. The van der Waals surface area contributed by atoms with Crippen LogP contribution in [0.25, 0.3) is 0 Å². The lowest BCUT2D eigenvalue weighted by Crippen LogP contribution is -2.19. The second kappa shape index (κ2) is 12.3. The summed E-state index contributed by atoms with van der Waals surface area (Å²) in [6, 6.07) is 0. The van der Waals surface area contributed by atoms with Gasteiger partial charge in [-0.2, -0.15) is 0 Å². The summed E-state index contributed by atoms with van der Waals surface area (Å²) < 4.78 is 24.5. The third kappa shape index (κ3) is 12.0. The predicted molar refractivity (Wildman–Crippen MR) is 75.2 cm³/mol. The molecule has 0 aliphatic rings. The highest BCUT2D eigenvalue weighted by molar-refractivity contribution is 5.60. The van der Waals surface area contributed by atoms with Crippen LogP contribution in [0.4, 0.5) is 9.59 Å². The fourth-order valence-corrected chi connectivity index (χ4v) is 1.03. The van der Waals surface area contributed by atoms with E-state index in [1.807, 2.05) is 13.8 Å². The Morgan fingerprint density at radius 1 is 0.762 bits per heavy atom. The van der Waals surface area contributed by atoms with Gasteiger partial charge in [-0.3, -0.25) is 0 Å². The van der Waals surface area contributed by atoms with Gasteiger partial charge < -0.3 is 23.7 Å². The van der Waals surface area contributed by atoms with Crippen LogP contribution in [0.3, 0.4) is 0 Å². The zero-order valence-corrected chi connectivity index (χ0v) is 13.3. The van der Waals surface area contributed by atoms with Gasteiger partial charge >= 0.3 is 12.3 Å². The van der Waals surface area contributed by atoms with E-state index in [2.05, 4.69) is 0 Å². The molecule has 0 rings (SSSR count). The molecule has 0 saturated carbocycles. The van der Waals surface area contributed by atoms with Crippen molar-refractivity contribution < 1.29 is 33.3 Å². The first kappa shape index (κ1) is 19.5. The first-order chi connectivity index (χ1) is 9.99. The van der Waals surface area contributed by atoms with E-state index in [0.717, 1.165) is 12.8 Å². The van der Waals surface area contributed by atoms with Crippen molar-refractivity contribution >= 4 is 12.3 Å². The molecule has 7 nitrogen and oxygen atoms in total. The number of rotatable bonds is 10. The summed E-state index contributed by atoms with van der Waals surface area (Å²) in [5.74, 6) is 0. The number of carbonyl (C=O) groups excluding carboxylic acids is 2. The second-order valence-corrected chi connectivity index (χ2v) is 4.48. The van der Waals surface area contributed by atoms with E-state index in [-0.39, 0.29) is 38.6 Å². The molecule has 0 aromatic heterocycles. The molecular weight excluding hydrogens is 280 g/mol. The summed E-state index contributed by atoms with van der Waals surface area (Å²) in [5, 5.41) is 0. The molecule has 0 aliphatic carbocycles. The molecule has 0 spiro atoms. The fraction of sp³-hybridized carbons (Fsp3) is 0.857. The van der Waals surface area contributed by atoms with Gasteiger partial charge in [0.2, 0.25) is 0 Å². The monoisotopic (exact) mass is 306 g/mol. The Morgan fingerprint density at radius 3 is 1.48 bits per heavy atom.